The van der Waals surface area contributed by atoms with E-state index in [1.165, 1.54) is 64.7 Å². The highest BCUT2D eigenvalue weighted by Gasteiger charge is 2.25. The lowest BCUT2D eigenvalue weighted by molar-refractivity contribution is 0.120. The van der Waals surface area contributed by atoms with Gasteiger partial charge in [0.2, 0.25) is 0 Å². The molecule has 6 heteroatoms. The van der Waals surface area contributed by atoms with Crippen molar-refractivity contribution in [2.24, 2.45) is 0 Å². The predicted octanol–water partition coefficient (Wildman–Crippen LogP) is 2.24. The van der Waals surface area contributed by atoms with Gasteiger partial charge in [0.1, 0.15) is 0 Å². The average Bonchev–Trinajstić information content (AvgIpc) is 2.90. The first kappa shape index (κ1) is 18.8. The van der Waals surface area contributed by atoms with E-state index in [0.29, 0.717) is 12.1 Å². The van der Waals surface area contributed by atoms with Crippen molar-refractivity contribution < 1.29 is 0 Å². The van der Waals surface area contributed by atoms with Crippen LogP contribution in [-0.2, 0) is 6.54 Å². The maximum Gasteiger partial charge on any atom is 0.0967 e. The Hall–Kier alpha value is -0.980. The lowest BCUT2D eigenvalue weighted by Crippen LogP contribution is -2.44. The van der Waals surface area contributed by atoms with Crippen molar-refractivity contribution in [2.45, 2.75) is 64.1 Å². The zero-order valence-corrected chi connectivity index (χ0v) is 16.4. The molecule has 3 rings (SSSR count). The number of likely N-dealkylation sites (N-methyl/N-ethyl adjacent to an activating group) is 1. The van der Waals surface area contributed by atoms with Gasteiger partial charge in [0.05, 0.1) is 17.9 Å². The Bertz CT molecular complexity index is 498. The topological polar surface area (TPSA) is 40.4 Å². The first-order valence-electron chi connectivity index (χ1n) is 10.1. The Morgan fingerprint density at radius 3 is 2.40 bits per heavy atom. The van der Waals surface area contributed by atoms with Crippen LogP contribution in [0.1, 0.15) is 57.2 Å². The van der Waals surface area contributed by atoms with E-state index in [4.69, 9.17) is 0 Å². The molecule has 0 amide bonds. The molecule has 2 fully saturated rings. The Labute approximate surface area is 153 Å². The number of hydrogen-bond acceptors (Lipinski definition) is 5. The maximum atomic E-state index is 4.46. The number of rotatable bonds is 6. The fraction of sp³-hybridized carbons (Fsp3) is 0.895. The molecule has 0 bridgehead atoms. The summed E-state index contributed by atoms with van der Waals surface area (Å²) in [7, 11) is 4.31. The van der Waals surface area contributed by atoms with Crippen LogP contribution < -0.4 is 0 Å². The number of aromatic nitrogens is 3. The summed E-state index contributed by atoms with van der Waals surface area (Å²) < 4.78 is 2.14. The summed E-state index contributed by atoms with van der Waals surface area (Å²) >= 11 is 0. The summed E-state index contributed by atoms with van der Waals surface area (Å²) in [4.78, 5) is 7.45. The fourth-order valence-electron chi connectivity index (χ4n) is 4.32. The number of nitrogens with zero attached hydrogens (tertiary/aromatic N) is 6. The lowest BCUT2D eigenvalue weighted by Gasteiger charge is -2.36. The highest BCUT2D eigenvalue weighted by Crippen LogP contribution is 2.23. The Kier molecular flexibility index (Phi) is 6.84. The van der Waals surface area contributed by atoms with Crippen molar-refractivity contribution >= 4 is 0 Å². The van der Waals surface area contributed by atoms with E-state index in [1.54, 1.807) is 0 Å². The van der Waals surface area contributed by atoms with Crippen LogP contribution in [-0.4, -0.2) is 82.6 Å². The van der Waals surface area contributed by atoms with E-state index in [0.717, 1.165) is 18.8 Å². The molecule has 0 radical (unpaired) electrons. The van der Waals surface area contributed by atoms with Gasteiger partial charge in [-0.2, -0.15) is 0 Å². The average molecular weight is 349 g/mol. The van der Waals surface area contributed by atoms with Gasteiger partial charge in [-0.1, -0.05) is 18.1 Å². The second kappa shape index (κ2) is 9.10. The van der Waals surface area contributed by atoms with Gasteiger partial charge in [0.15, 0.2) is 0 Å². The second-order valence-corrected chi connectivity index (χ2v) is 8.26. The van der Waals surface area contributed by atoms with Crippen molar-refractivity contribution in [3.8, 4) is 0 Å². The Balaban J connectivity index is 1.48. The molecule has 1 unspecified atom stereocenters. The van der Waals surface area contributed by atoms with E-state index in [-0.39, 0.29) is 0 Å². The van der Waals surface area contributed by atoms with Crippen molar-refractivity contribution in [3.05, 3.63) is 11.9 Å². The third-order valence-corrected chi connectivity index (χ3v) is 5.77. The molecular weight excluding hydrogens is 312 g/mol. The summed E-state index contributed by atoms with van der Waals surface area (Å²) in [6, 6.07) is 1.15. The van der Waals surface area contributed by atoms with Gasteiger partial charge in [-0.3, -0.25) is 9.80 Å². The van der Waals surface area contributed by atoms with Gasteiger partial charge in [0.25, 0.3) is 0 Å². The molecule has 0 aliphatic carbocycles. The van der Waals surface area contributed by atoms with Crippen LogP contribution in [0.5, 0.6) is 0 Å². The van der Waals surface area contributed by atoms with Gasteiger partial charge >= 0.3 is 0 Å². The molecule has 0 aromatic carbocycles. The molecule has 2 aliphatic rings. The van der Waals surface area contributed by atoms with Crippen LogP contribution in [0.2, 0.25) is 0 Å². The largest absolute Gasteiger partial charge is 0.308 e. The first-order chi connectivity index (χ1) is 12.1. The van der Waals surface area contributed by atoms with Crippen LogP contribution in [0.3, 0.4) is 0 Å². The molecule has 142 valence electrons. The van der Waals surface area contributed by atoms with E-state index in [1.807, 2.05) is 0 Å². The normalized spacial score (nSPS) is 23.0. The molecule has 1 aromatic heterocycles. The molecular formula is C19H36N6. The minimum atomic E-state index is 0.521. The standard InChI is InChI=1S/C19H36N6/c1-17(14-22(2)3)24-12-8-19(9-13-24)25-16-18(20-21-25)15-23-10-6-4-5-7-11-23/h16-17,19H,4-15H2,1-3H3. The minimum absolute atomic E-state index is 0.521. The zero-order valence-electron chi connectivity index (χ0n) is 16.4. The molecule has 0 spiro atoms. The van der Waals surface area contributed by atoms with Crippen LogP contribution in [0.4, 0.5) is 0 Å². The molecule has 0 saturated carbocycles. The quantitative estimate of drug-likeness (QED) is 0.788. The second-order valence-electron chi connectivity index (χ2n) is 8.26. The monoisotopic (exact) mass is 348 g/mol. The van der Waals surface area contributed by atoms with Gasteiger partial charge < -0.3 is 4.90 Å². The van der Waals surface area contributed by atoms with Crippen LogP contribution in [0, 0.1) is 0 Å². The minimum Gasteiger partial charge on any atom is -0.308 e. The molecule has 25 heavy (non-hydrogen) atoms. The van der Waals surface area contributed by atoms with Crippen molar-refractivity contribution in [3.63, 3.8) is 0 Å². The SMILES string of the molecule is CC(CN(C)C)N1CCC(n2cc(CN3CCCCCC3)nn2)CC1. The van der Waals surface area contributed by atoms with E-state index in [2.05, 4.69) is 56.9 Å². The fourth-order valence-corrected chi connectivity index (χ4v) is 4.32. The van der Waals surface area contributed by atoms with Gasteiger partial charge in [-0.05, 0) is 59.8 Å². The van der Waals surface area contributed by atoms with Crippen LogP contribution in [0.25, 0.3) is 0 Å². The number of piperidine rings is 1. The molecule has 6 nitrogen and oxygen atoms in total. The Morgan fingerprint density at radius 2 is 1.76 bits per heavy atom. The smallest absolute Gasteiger partial charge is 0.0967 e. The van der Waals surface area contributed by atoms with E-state index in [9.17, 15) is 0 Å². The van der Waals surface area contributed by atoms with Gasteiger partial charge in [0, 0.05) is 32.2 Å². The highest BCUT2D eigenvalue weighted by atomic mass is 15.4. The summed E-state index contributed by atoms with van der Waals surface area (Å²) in [5.74, 6) is 0. The predicted molar refractivity (Wildman–Crippen MR) is 102 cm³/mol. The summed E-state index contributed by atoms with van der Waals surface area (Å²) in [5.41, 5.74) is 1.14. The number of hydrogen-bond donors (Lipinski definition) is 0. The van der Waals surface area contributed by atoms with Crippen LogP contribution in [0.15, 0.2) is 6.20 Å². The molecule has 0 N–H and O–H groups in total. The lowest BCUT2D eigenvalue weighted by atomic mass is 10.0. The third-order valence-electron chi connectivity index (χ3n) is 5.77. The summed E-state index contributed by atoms with van der Waals surface area (Å²) in [6.07, 6.45) is 10.0. The van der Waals surface area contributed by atoms with Gasteiger partial charge in [-0.25, -0.2) is 4.68 Å². The maximum absolute atomic E-state index is 4.46. The van der Waals surface area contributed by atoms with Gasteiger partial charge in [-0.15, -0.1) is 5.10 Å². The van der Waals surface area contributed by atoms with Crippen molar-refractivity contribution in [2.75, 3.05) is 46.8 Å². The third kappa shape index (κ3) is 5.50. The molecule has 2 aliphatic heterocycles. The van der Waals surface area contributed by atoms with Crippen LogP contribution >= 0.6 is 0 Å². The molecule has 1 aromatic rings. The molecule has 1 atom stereocenters. The first-order valence-corrected chi connectivity index (χ1v) is 10.1. The van der Waals surface area contributed by atoms with Crippen molar-refractivity contribution in [1.82, 2.24) is 29.7 Å². The number of likely N-dealkylation sites (tertiary alicyclic amines) is 2. The molecule has 3 heterocycles. The van der Waals surface area contributed by atoms with E-state index < -0.39 is 0 Å². The zero-order chi connectivity index (χ0) is 17.6. The summed E-state index contributed by atoms with van der Waals surface area (Å²) in [6.45, 7) is 9.22. The summed E-state index contributed by atoms with van der Waals surface area (Å²) in [5, 5.41) is 8.92. The van der Waals surface area contributed by atoms with Crippen molar-refractivity contribution in [1.29, 1.82) is 0 Å². The Morgan fingerprint density at radius 1 is 1.08 bits per heavy atom. The molecule has 2 saturated heterocycles. The van der Waals surface area contributed by atoms with E-state index >= 15 is 0 Å². The highest BCUT2D eigenvalue weighted by molar-refractivity contribution is 4.95.